The molecule has 0 unspecified atom stereocenters. The van der Waals surface area contributed by atoms with Crippen LogP contribution in [0.2, 0.25) is 0 Å². The van der Waals surface area contributed by atoms with Crippen molar-refractivity contribution in [1.82, 2.24) is 5.32 Å². The van der Waals surface area contributed by atoms with Gasteiger partial charge < -0.3 is 11.1 Å². The molecule has 1 aromatic heterocycles. The predicted octanol–water partition coefficient (Wildman–Crippen LogP) is 4.25. The Morgan fingerprint density at radius 1 is 0.929 bits per heavy atom. The fraction of sp³-hybridized carbons (Fsp3) is 0.217. The van der Waals surface area contributed by atoms with Gasteiger partial charge in [0.05, 0.1) is 6.04 Å². The van der Waals surface area contributed by atoms with Crippen LogP contribution in [0.25, 0.3) is 0 Å². The normalized spacial score (nSPS) is 14.1. The molecule has 1 aliphatic carbocycles. The van der Waals surface area contributed by atoms with Gasteiger partial charge in [-0.05, 0) is 72.0 Å². The molecule has 1 aliphatic rings. The number of rotatable bonds is 5. The Labute approximate surface area is 168 Å². The van der Waals surface area contributed by atoms with Gasteiger partial charge in [-0.15, -0.1) is 11.3 Å². The van der Waals surface area contributed by atoms with E-state index >= 15 is 0 Å². The summed E-state index contributed by atoms with van der Waals surface area (Å²) in [5.74, 6) is -0.765. The number of benzene rings is 2. The van der Waals surface area contributed by atoms with Gasteiger partial charge in [0.1, 0.15) is 0 Å². The second-order valence-electron chi connectivity index (χ2n) is 7.10. The smallest absolute Gasteiger partial charge is 0.252 e. The number of carbonyl (C=O) groups excluding carboxylic acids is 2. The van der Waals surface area contributed by atoms with E-state index in [1.54, 1.807) is 29.5 Å². The Morgan fingerprint density at radius 2 is 1.71 bits per heavy atom. The zero-order valence-electron chi connectivity index (χ0n) is 15.5. The van der Waals surface area contributed by atoms with E-state index in [1.807, 2.05) is 17.5 Å². The van der Waals surface area contributed by atoms with E-state index in [1.165, 1.54) is 30.0 Å². The first-order valence-corrected chi connectivity index (χ1v) is 10.4. The highest BCUT2D eigenvalue weighted by Gasteiger charge is 2.21. The first kappa shape index (κ1) is 18.4. The Morgan fingerprint density at radius 3 is 2.46 bits per heavy atom. The number of hydrogen-bond acceptors (Lipinski definition) is 3. The lowest BCUT2D eigenvalue weighted by Crippen LogP contribution is -2.29. The van der Waals surface area contributed by atoms with Crippen LogP contribution in [0.3, 0.4) is 0 Å². The topological polar surface area (TPSA) is 72.2 Å². The molecule has 2 amide bonds. The van der Waals surface area contributed by atoms with Crippen molar-refractivity contribution in [3.8, 4) is 0 Å². The van der Waals surface area contributed by atoms with E-state index in [0.29, 0.717) is 11.1 Å². The Kier molecular flexibility index (Phi) is 5.26. The minimum absolute atomic E-state index is 0.223. The van der Waals surface area contributed by atoms with Gasteiger partial charge in [-0.2, -0.15) is 0 Å². The van der Waals surface area contributed by atoms with Crippen molar-refractivity contribution in [3.05, 3.63) is 92.7 Å². The van der Waals surface area contributed by atoms with E-state index in [0.717, 1.165) is 23.3 Å². The fourth-order valence-electron chi connectivity index (χ4n) is 3.74. The Bertz CT molecular complexity index is 1010. The van der Waals surface area contributed by atoms with Crippen LogP contribution in [-0.2, 0) is 12.8 Å². The third-order valence-electron chi connectivity index (χ3n) is 5.22. The predicted molar refractivity (Wildman–Crippen MR) is 112 cm³/mol. The van der Waals surface area contributed by atoms with E-state index in [9.17, 15) is 9.59 Å². The van der Waals surface area contributed by atoms with Gasteiger partial charge >= 0.3 is 0 Å². The van der Waals surface area contributed by atoms with Crippen molar-refractivity contribution >= 4 is 23.2 Å². The molecule has 142 valence electrons. The molecule has 0 spiro atoms. The van der Waals surface area contributed by atoms with Gasteiger partial charge in [0.2, 0.25) is 5.91 Å². The van der Waals surface area contributed by atoms with Gasteiger partial charge in [-0.1, -0.05) is 30.3 Å². The first-order chi connectivity index (χ1) is 13.6. The lowest BCUT2D eigenvalue weighted by atomic mass is 9.89. The molecule has 28 heavy (non-hydrogen) atoms. The largest absolute Gasteiger partial charge is 0.366 e. The summed E-state index contributed by atoms with van der Waals surface area (Å²) in [5.41, 5.74) is 9.99. The maximum Gasteiger partial charge on any atom is 0.252 e. The van der Waals surface area contributed by atoms with Crippen molar-refractivity contribution in [2.24, 2.45) is 5.73 Å². The number of carbonyl (C=O) groups is 2. The number of primary amides is 1. The number of aryl methyl sites for hydroxylation is 2. The van der Waals surface area contributed by atoms with Crippen LogP contribution in [0, 0.1) is 0 Å². The third-order valence-corrected chi connectivity index (χ3v) is 6.16. The van der Waals surface area contributed by atoms with Crippen LogP contribution in [0.1, 0.15) is 61.2 Å². The summed E-state index contributed by atoms with van der Waals surface area (Å²) in [6.45, 7) is 0. The first-order valence-electron chi connectivity index (χ1n) is 9.47. The summed E-state index contributed by atoms with van der Waals surface area (Å²) in [6, 6.07) is 16.9. The molecule has 4 rings (SSSR count). The number of nitrogens with one attached hydrogen (secondary N) is 1. The molecule has 1 atom stereocenters. The van der Waals surface area contributed by atoms with Crippen molar-refractivity contribution in [1.29, 1.82) is 0 Å². The van der Waals surface area contributed by atoms with Crippen LogP contribution in [0.15, 0.2) is 60.0 Å². The van der Waals surface area contributed by atoms with Crippen molar-refractivity contribution in [2.75, 3.05) is 0 Å². The number of hydrogen-bond donors (Lipinski definition) is 2. The number of thiophene rings is 1. The molecule has 4 nitrogen and oxygen atoms in total. The number of nitrogens with two attached hydrogens (primary N) is 1. The zero-order valence-corrected chi connectivity index (χ0v) is 16.3. The van der Waals surface area contributed by atoms with Crippen LogP contribution >= 0.6 is 11.3 Å². The summed E-state index contributed by atoms with van der Waals surface area (Å²) in [6.07, 6.45) is 4.68. The SMILES string of the molecule is NC(=O)c1cccc(C(=O)N[C@@H](c2ccc3c(c2)CCCC3)c2cccs2)c1. The highest BCUT2D eigenvalue weighted by atomic mass is 32.1. The average Bonchev–Trinajstić information content (AvgIpc) is 3.26. The number of amides is 2. The molecule has 5 heteroatoms. The fourth-order valence-corrected chi connectivity index (χ4v) is 4.54. The van der Waals surface area contributed by atoms with Crippen LogP contribution < -0.4 is 11.1 Å². The summed E-state index contributed by atoms with van der Waals surface area (Å²) < 4.78 is 0. The molecule has 1 heterocycles. The molecular formula is C23H22N2O2S. The summed E-state index contributed by atoms with van der Waals surface area (Å²) >= 11 is 1.62. The summed E-state index contributed by atoms with van der Waals surface area (Å²) in [4.78, 5) is 25.4. The molecule has 0 radical (unpaired) electrons. The van der Waals surface area contributed by atoms with E-state index < -0.39 is 5.91 Å². The molecule has 0 saturated carbocycles. The molecule has 0 bridgehead atoms. The van der Waals surface area contributed by atoms with Crippen molar-refractivity contribution < 1.29 is 9.59 Å². The van der Waals surface area contributed by atoms with Crippen molar-refractivity contribution in [3.63, 3.8) is 0 Å². The second-order valence-corrected chi connectivity index (χ2v) is 8.08. The standard InChI is InChI=1S/C23H22N2O2S/c24-22(26)18-7-3-8-19(14-18)23(27)25-21(20-9-4-12-28-20)17-11-10-15-5-1-2-6-16(15)13-17/h3-4,7-14,21H,1-2,5-6H2,(H2,24,26)(H,25,27)/t21-/m0/s1. The molecule has 0 fully saturated rings. The maximum atomic E-state index is 12.9. The highest BCUT2D eigenvalue weighted by Crippen LogP contribution is 2.30. The zero-order chi connectivity index (χ0) is 19.5. The van der Waals surface area contributed by atoms with Crippen LogP contribution in [-0.4, -0.2) is 11.8 Å². The number of fused-ring (bicyclic) bond motifs is 1. The average molecular weight is 391 g/mol. The van der Waals surface area contributed by atoms with E-state index in [-0.39, 0.29) is 11.9 Å². The third kappa shape index (κ3) is 3.85. The van der Waals surface area contributed by atoms with Gasteiger partial charge in [0.15, 0.2) is 0 Å². The van der Waals surface area contributed by atoms with Gasteiger partial charge in [0.25, 0.3) is 5.91 Å². The maximum absolute atomic E-state index is 12.9. The van der Waals surface area contributed by atoms with Gasteiger partial charge in [-0.25, -0.2) is 0 Å². The lowest BCUT2D eigenvalue weighted by molar-refractivity contribution is 0.0943. The molecule has 2 aromatic carbocycles. The second kappa shape index (κ2) is 7.98. The van der Waals surface area contributed by atoms with E-state index in [2.05, 4.69) is 23.5 Å². The summed E-state index contributed by atoms with van der Waals surface area (Å²) in [7, 11) is 0. The van der Waals surface area contributed by atoms with Gasteiger partial charge in [0, 0.05) is 16.0 Å². The molecule has 3 aromatic rings. The quantitative estimate of drug-likeness (QED) is 0.684. The Balaban J connectivity index is 1.65. The van der Waals surface area contributed by atoms with Crippen LogP contribution in [0.5, 0.6) is 0 Å². The van der Waals surface area contributed by atoms with Crippen molar-refractivity contribution in [2.45, 2.75) is 31.7 Å². The minimum atomic E-state index is -0.542. The molecule has 0 saturated heterocycles. The molecule has 3 N–H and O–H groups in total. The summed E-state index contributed by atoms with van der Waals surface area (Å²) in [5, 5.41) is 5.16. The van der Waals surface area contributed by atoms with E-state index in [4.69, 9.17) is 5.73 Å². The van der Waals surface area contributed by atoms with Gasteiger partial charge in [-0.3, -0.25) is 9.59 Å². The molecule has 0 aliphatic heterocycles. The Hall–Kier alpha value is -2.92. The monoisotopic (exact) mass is 390 g/mol. The minimum Gasteiger partial charge on any atom is -0.366 e. The molecular weight excluding hydrogens is 368 g/mol. The lowest BCUT2D eigenvalue weighted by Gasteiger charge is -2.22. The van der Waals surface area contributed by atoms with Crippen LogP contribution in [0.4, 0.5) is 0 Å². The highest BCUT2D eigenvalue weighted by molar-refractivity contribution is 7.10.